The van der Waals surface area contributed by atoms with E-state index in [9.17, 15) is 5.11 Å². The van der Waals surface area contributed by atoms with Crippen molar-refractivity contribution in [2.75, 3.05) is 0 Å². The highest BCUT2D eigenvalue weighted by molar-refractivity contribution is 6.04. The van der Waals surface area contributed by atoms with Crippen molar-refractivity contribution < 1.29 is 10.3 Å². The Hall–Kier alpha value is -1.51. The first-order valence-corrected chi connectivity index (χ1v) is 3.85. The van der Waals surface area contributed by atoms with Crippen LogP contribution < -0.4 is 0 Å². The smallest absolute Gasteiger partial charge is 0.119 e. The van der Waals surface area contributed by atoms with Gasteiger partial charge in [0.15, 0.2) is 0 Å². The third kappa shape index (κ3) is 0.863. The molecule has 12 heavy (non-hydrogen) atoms. The standard InChI is InChI=1S/C9H9NO2/c11-9-3-1-2-6-7(9)4-5-8(6)10-12/h1-3,11-12H,4-5H2. The quantitative estimate of drug-likeness (QED) is 0.450. The van der Waals surface area contributed by atoms with Gasteiger partial charge in [-0.3, -0.25) is 0 Å². The molecule has 0 fully saturated rings. The predicted molar refractivity (Wildman–Crippen MR) is 44.8 cm³/mol. The lowest BCUT2D eigenvalue weighted by Crippen LogP contribution is -1.92. The van der Waals surface area contributed by atoms with E-state index in [-0.39, 0.29) is 0 Å². The van der Waals surface area contributed by atoms with Gasteiger partial charge in [-0.2, -0.15) is 0 Å². The predicted octanol–water partition coefficient (Wildman–Crippen LogP) is 1.52. The van der Waals surface area contributed by atoms with Crippen molar-refractivity contribution in [1.82, 2.24) is 0 Å². The van der Waals surface area contributed by atoms with Gasteiger partial charge >= 0.3 is 0 Å². The maximum atomic E-state index is 9.41. The molecule has 0 spiro atoms. The third-order valence-electron chi connectivity index (χ3n) is 2.19. The van der Waals surface area contributed by atoms with Gasteiger partial charge in [0.05, 0.1) is 5.71 Å². The molecule has 0 saturated heterocycles. The molecule has 0 saturated carbocycles. The Morgan fingerprint density at radius 3 is 2.83 bits per heavy atom. The second kappa shape index (κ2) is 2.52. The molecule has 1 aromatic carbocycles. The Balaban J connectivity index is 2.61. The molecule has 0 atom stereocenters. The summed E-state index contributed by atoms with van der Waals surface area (Å²) in [6, 6.07) is 5.26. The molecule has 1 aliphatic carbocycles. The number of fused-ring (bicyclic) bond motifs is 1. The maximum absolute atomic E-state index is 9.41. The van der Waals surface area contributed by atoms with Gasteiger partial charge in [0.1, 0.15) is 5.75 Å². The van der Waals surface area contributed by atoms with Gasteiger partial charge in [0.2, 0.25) is 0 Å². The van der Waals surface area contributed by atoms with E-state index in [1.54, 1.807) is 12.1 Å². The van der Waals surface area contributed by atoms with Crippen LogP contribution in [0.2, 0.25) is 0 Å². The minimum Gasteiger partial charge on any atom is -0.508 e. The first-order valence-electron chi connectivity index (χ1n) is 3.85. The number of oxime groups is 1. The Kier molecular flexibility index (Phi) is 1.50. The zero-order valence-electron chi connectivity index (χ0n) is 6.49. The number of aromatic hydroxyl groups is 1. The van der Waals surface area contributed by atoms with Gasteiger partial charge in [0.25, 0.3) is 0 Å². The Morgan fingerprint density at radius 2 is 2.08 bits per heavy atom. The molecule has 0 heterocycles. The van der Waals surface area contributed by atoms with Crippen molar-refractivity contribution in [3.8, 4) is 5.75 Å². The van der Waals surface area contributed by atoms with Crippen LogP contribution in [0.25, 0.3) is 0 Å². The van der Waals surface area contributed by atoms with Crippen molar-refractivity contribution in [3.63, 3.8) is 0 Å². The van der Waals surface area contributed by atoms with E-state index in [0.717, 1.165) is 17.5 Å². The summed E-state index contributed by atoms with van der Waals surface area (Å²) < 4.78 is 0. The number of rotatable bonds is 0. The maximum Gasteiger partial charge on any atom is 0.119 e. The molecule has 0 amide bonds. The summed E-state index contributed by atoms with van der Waals surface area (Å²) in [6.07, 6.45) is 1.48. The summed E-state index contributed by atoms with van der Waals surface area (Å²) in [6.45, 7) is 0. The van der Waals surface area contributed by atoms with E-state index in [1.807, 2.05) is 6.07 Å². The average Bonchev–Trinajstić information content (AvgIpc) is 2.49. The molecule has 2 N–H and O–H groups in total. The summed E-state index contributed by atoms with van der Waals surface area (Å²) in [4.78, 5) is 0. The van der Waals surface area contributed by atoms with Crippen molar-refractivity contribution in [3.05, 3.63) is 29.3 Å². The third-order valence-corrected chi connectivity index (χ3v) is 2.19. The number of hydrogen-bond donors (Lipinski definition) is 2. The zero-order valence-corrected chi connectivity index (χ0v) is 6.49. The fourth-order valence-corrected chi connectivity index (χ4v) is 1.59. The Bertz CT molecular complexity index is 344. The topological polar surface area (TPSA) is 52.8 Å². The summed E-state index contributed by atoms with van der Waals surface area (Å²) in [7, 11) is 0. The van der Waals surface area contributed by atoms with E-state index >= 15 is 0 Å². The summed E-state index contributed by atoms with van der Waals surface area (Å²) in [5, 5.41) is 21.2. The molecule has 0 radical (unpaired) electrons. The zero-order chi connectivity index (χ0) is 8.55. The summed E-state index contributed by atoms with van der Waals surface area (Å²) >= 11 is 0. The molecule has 0 bridgehead atoms. The van der Waals surface area contributed by atoms with Crippen LogP contribution in [0.3, 0.4) is 0 Å². The molecular formula is C9H9NO2. The van der Waals surface area contributed by atoms with Crippen molar-refractivity contribution >= 4 is 5.71 Å². The fraction of sp³-hybridized carbons (Fsp3) is 0.222. The van der Waals surface area contributed by atoms with Crippen LogP contribution in [0.4, 0.5) is 0 Å². The lowest BCUT2D eigenvalue weighted by atomic mass is 10.1. The van der Waals surface area contributed by atoms with Crippen LogP contribution in [-0.2, 0) is 6.42 Å². The second-order valence-electron chi connectivity index (χ2n) is 2.85. The van der Waals surface area contributed by atoms with Gasteiger partial charge in [-0.1, -0.05) is 17.3 Å². The molecular weight excluding hydrogens is 154 g/mol. The van der Waals surface area contributed by atoms with Crippen molar-refractivity contribution in [2.24, 2.45) is 5.16 Å². The average molecular weight is 163 g/mol. The van der Waals surface area contributed by atoms with Gasteiger partial charge in [-0.15, -0.1) is 0 Å². The molecule has 0 aliphatic heterocycles. The van der Waals surface area contributed by atoms with Crippen LogP contribution in [0, 0.1) is 0 Å². The van der Waals surface area contributed by atoms with E-state index < -0.39 is 0 Å². The number of phenolic OH excluding ortho intramolecular Hbond substituents is 1. The first kappa shape index (κ1) is 7.16. The van der Waals surface area contributed by atoms with Crippen LogP contribution in [-0.4, -0.2) is 16.0 Å². The minimum atomic E-state index is 0.297. The molecule has 0 unspecified atom stereocenters. The highest BCUT2D eigenvalue weighted by Crippen LogP contribution is 2.29. The fourth-order valence-electron chi connectivity index (χ4n) is 1.59. The Labute approximate surface area is 70.0 Å². The summed E-state index contributed by atoms with van der Waals surface area (Å²) in [5.74, 6) is 0.297. The summed E-state index contributed by atoms with van der Waals surface area (Å²) in [5.41, 5.74) is 2.43. The van der Waals surface area contributed by atoms with Gasteiger partial charge in [-0.05, 0) is 18.9 Å². The lowest BCUT2D eigenvalue weighted by molar-refractivity contribution is 0.318. The molecule has 3 heteroatoms. The number of hydrogen-bond acceptors (Lipinski definition) is 3. The minimum absolute atomic E-state index is 0.297. The van der Waals surface area contributed by atoms with Crippen LogP contribution in [0.15, 0.2) is 23.4 Å². The SMILES string of the molecule is ON=C1CCc2c(O)cccc21. The molecule has 3 nitrogen and oxygen atoms in total. The van der Waals surface area contributed by atoms with Crippen LogP contribution in [0.5, 0.6) is 5.75 Å². The Morgan fingerprint density at radius 1 is 1.25 bits per heavy atom. The van der Waals surface area contributed by atoms with Gasteiger partial charge < -0.3 is 10.3 Å². The highest BCUT2D eigenvalue weighted by Gasteiger charge is 2.20. The monoisotopic (exact) mass is 163 g/mol. The van der Waals surface area contributed by atoms with E-state index in [2.05, 4.69) is 5.16 Å². The lowest BCUT2D eigenvalue weighted by Gasteiger charge is -1.99. The second-order valence-corrected chi connectivity index (χ2v) is 2.85. The van der Waals surface area contributed by atoms with Gasteiger partial charge in [0, 0.05) is 11.1 Å². The number of benzene rings is 1. The number of phenols is 1. The highest BCUT2D eigenvalue weighted by atomic mass is 16.4. The largest absolute Gasteiger partial charge is 0.508 e. The molecule has 62 valence electrons. The van der Waals surface area contributed by atoms with Crippen LogP contribution in [0.1, 0.15) is 17.5 Å². The molecule has 2 rings (SSSR count). The molecule has 1 aromatic rings. The van der Waals surface area contributed by atoms with Crippen LogP contribution >= 0.6 is 0 Å². The van der Waals surface area contributed by atoms with Crippen molar-refractivity contribution in [1.29, 1.82) is 0 Å². The van der Waals surface area contributed by atoms with E-state index in [0.29, 0.717) is 17.9 Å². The molecule has 0 aromatic heterocycles. The normalized spacial score (nSPS) is 18.2. The van der Waals surface area contributed by atoms with Crippen molar-refractivity contribution in [2.45, 2.75) is 12.8 Å². The molecule has 1 aliphatic rings. The number of nitrogens with zero attached hydrogens (tertiary/aromatic N) is 1. The van der Waals surface area contributed by atoms with E-state index in [1.165, 1.54) is 0 Å². The first-order chi connectivity index (χ1) is 5.83. The van der Waals surface area contributed by atoms with E-state index in [4.69, 9.17) is 5.21 Å². The van der Waals surface area contributed by atoms with Gasteiger partial charge in [-0.25, -0.2) is 0 Å².